The Kier molecular flexibility index (Phi) is 7.03. The molecule has 1 fully saturated rings. The molecule has 1 aliphatic carbocycles. The Labute approximate surface area is 122 Å². The molecule has 20 heavy (non-hydrogen) atoms. The van der Waals surface area contributed by atoms with Gasteiger partial charge < -0.3 is 10.4 Å². The van der Waals surface area contributed by atoms with Gasteiger partial charge in [-0.3, -0.25) is 9.59 Å². The van der Waals surface area contributed by atoms with Gasteiger partial charge in [0.05, 0.1) is 5.41 Å². The van der Waals surface area contributed by atoms with Crippen LogP contribution in [0.15, 0.2) is 0 Å². The Hall–Kier alpha value is -1.06. The first kappa shape index (κ1) is 17.0. The van der Waals surface area contributed by atoms with Gasteiger partial charge in [-0.2, -0.15) is 0 Å². The number of rotatable bonds is 8. The first-order valence-electron chi connectivity index (χ1n) is 7.96. The molecular weight excluding hydrogens is 254 g/mol. The van der Waals surface area contributed by atoms with Crippen molar-refractivity contribution >= 4 is 11.9 Å². The minimum atomic E-state index is -0.805. The van der Waals surface area contributed by atoms with Crippen molar-refractivity contribution in [3.8, 4) is 0 Å². The van der Waals surface area contributed by atoms with Gasteiger partial charge in [0.1, 0.15) is 0 Å². The van der Waals surface area contributed by atoms with Crippen LogP contribution in [0.3, 0.4) is 0 Å². The summed E-state index contributed by atoms with van der Waals surface area (Å²) in [6, 6.07) is 0. The number of hydrogen-bond donors (Lipinski definition) is 2. The highest BCUT2D eigenvalue weighted by Crippen LogP contribution is 2.39. The van der Waals surface area contributed by atoms with Crippen molar-refractivity contribution in [2.45, 2.75) is 71.6 Å². The predicted molar refractivity (Wildman–Crippen MR) is 79.5 cm³/mol. The summed E-state index contributed by atoms with van der Waals surface area (Å²) in [6.07, 6.45) is 7.63. The van der Waals surface area contributed by atoms with Crippen LogP contribution in [0.2, 0.25) is 0 Å². The van der Waals surface area contributed by atoms with Crippen molar-refractivity contribution in [1.82, 2.24) is 5.32 Å². The van der Waals surface area contributed by atoms with Crippen LogP contribution in [0.4, 0.5) is 0 Å². The molecule has 1 saturated carbocycles. The molecule has 0 heterocycles. The number of carboxylic acids is 1. The summed E-state index contributed by atoms with van der Waals surface area (Å²) in [5.41, 5.74) is -0.805. The van der Waals surface area contributed by atoms with E-state index in [1.807, 2.05) is 0 Å². The zero-order valence-corrected chi connectivity index (χ0v) is 12.9. The standard InChI is InChI=1S/C16H29NO3/c1-13(2)8-4-7-11-17-14(18)12-16(15(19)20)9-5-3-6-10-16/h13H,3-12H2,1-2H3,(H,17,18)(H,19,20). The quantitative estimate of drug-likeness (QED) is 0.671. The molecule has 0 aromatic rings. The van der Waals surface area contributed by atoms with Gasteiger partial charge in [0.25, 0.3) is 0 Å². The van der Waals surface area contributed by atoms with Crippen LogP contribution in [0.1, 0.15) is 71.6 Å². The normalized spacial score (nSPS) is 17.9. The topological polar surface area (TPSA) is 66.4 Å². The van der Waals surface area contributed by atoms with Crippen molar-refractivity contribution in [3.63, 3.8) is 0 Å². The SMILES string of the molecule is CC(C)CCCCNC(=O)CC1(C(=O)O)CCCCC1. The zero-order chi connectivity index (χ0) is 15.0. The van der Waals surface area contributed by atoms with E-state index in [2.05, 4.69) is 19.2 Å². The maximum absolute atomic E-state index is 11.9. The lowest BCUT2D eigenvalue weighted by Gasteiger charge is -2.32. The first-order valence-corrected chi connectivity index (χ1v) is 7.96. The van der Waals surface area contributed by atoms with Crippen molar-refractivity contribution in [2.24, 2.45) is 11.3 Å². The van der Waals surface area contributed by atoms with Crippen LogP contribution < -0.4 is 5.32 Å². The number of carbonyl (C=O) groups is 2. The first-order chi connectivity index (χ1) is 9.46. The summed E-state index contributed by atoms with van der Waals surface area (Å²) in [5, 5.41) is 12.3. The Bertz CT molecular complexity index is 320. The number of carbonyl (C=O) groups excluding carboxylic acids is 1. The molecule has 1 rings (SSSR count). The zero-order valence-electron chi connectivity index (χ0n) is 12.9. The Morgan fingerprint density at radius 1 is 1.15 bits per heavy atom. The minimum Gasteiger partial charge on any atom is -0.481 e. The van der Waals surface area contributed by atoms with Crippen LogP contribution in [0.5, 0.6) is 0 Å². The van der Waals surface area contributed by atoms with E-state index in [1.165, 1.54) is 6.42 Å². The maximum atomic E-state index is 11.9. The Morgan fingerprint density at radius 2 is 1.80 bits per heavy atom. The molecule has 0 spiro atoms. The highest BCUT2D eigenvalue weighted by molar-refractivity contribution is 5.85. The van der Waals surface area contributed by atoms with Crippen molar-refractivity contribution in [3.05, 3.63) is 0 Å². The van der Waals surface area contributed by atoms with Gasteiger partial charge in [0, 0.05) is 13.0 Å². The second kappa shape index (κ2) is 8.28. The van der Waals surface area contributed by atoms with Crippen LogP contribution in [-0.4, -0.2) is 23.5 Å². The maximum Gasteiger partial charge on any atom is 0.310 e. The summed E-state index contributed by atoms with van der Waals surface area (Å²) in [5.74, 6) is -0.200. The smallest absolute Gasteiger partial charge is 0.310 e. The molecule has 116 valence electrons. The van der Waals surface area contributed by atoms with E-state index in [0.717, 1.165) is 32.1 Å². The molecule has 0 aliphatic heterocycles. The largest absolute Gasteiger partial charge is 0.481 e. The second-order valence-electron chi connectivity index (χ2n) is 6.56. The third-order valence-corrected chi connectivity index (χ3v) is 4.29. The molecule has 2 N–H and O–H groups in total. The molecule has 0 saturated heterocycles. The van der Waals surface area contributed by atoms with E-state index in [9.17, 15) is 14.7 Å². The predicted octanol–water partition coefficient (Wildman–Crippen LogP) is 3.35. The Morgan fingerprint density at radius 3 is 2.35 bits per heavy atom. The fraction of sp³-hybridized carbons (Fsp3) is 0.875. The molecule has 0 unspecified atom stereocenters. The van der Waals surface area contributed by atoms with E-state index in [1.54, 1.807) is 0 Å². The van der Waals surface area contributed by atoms with Crippen LogP contribution in [0, 0.1) is 11.3 Å². The summed E-state index contributed by atoms with van der Waals surface area (Å²) in [7, 11) is 0. The molecule has 1 aliphatic rings. The van der Waals surface area contributed by atoms with Crippen molar-refractivity contribution in [1.29, 1.82) is 0 Å². The molecular formula is C16H29NO3. The van der Waals surface area contributed by atoms with E-state index in [4.69, 9.17) is 0 Å². The van der Waals surface area contributed by atoms with Crippen molar-refractivity contribution in [2.75, 3.05) is 6.54 Å². The van der Waals surface area contributed by atoms with Crippen molar-refractivity contribution < 1.29 is 14.7 Å². The third-order valence-electron chi connectivity index (χ3n) is 4.29. The summed E-state index contributed by atoms with van der Waals surface area (Å²) >= 11 is 0. The van der Waals surface area contributed by atoms with E-state index in [0.29, 0.717) is 25.3 Å². The lowest BCUT2D eigenvalue weighted by molar-refractivity contribution is -0.154. The number of amides is 1. The van der Waals surface area contributed by atoms with Gasteiger partial charge in [0.15, 0.2) is 0 Å². The van der Waals surface area contributed by atoms with Gasteiger partial charge in [-0.05, 0) is 25.2 Å². The summed E-state index contributed by atoms with van der Waals surface area (Å²) in [6.45, 7) is 5.05. The summed E-state index contributed by atoms with van der Waals surface area (Å²) < 4.78 is 0. The summed E-state index contributed by atoms with van der Waals surface area (Å²) in [4.78, 5) is 23.4. The van der Waals surface area contributed by atoms with Gasteiger partial charge in [-0.15, -0.1) is 0 Å². The minimum absolute atomic E-state index is 0.0983. The number of nitrogens with one attached hydrogen (secondary N) is 1. The molecule has 0 radical (unpaired) electrons. The average Bonchev–Trinajstić information content (AvgIpc) is 2.38. The van der Waals surface area contributed by atoms with Gasteiger partial charge in [-0.1, -0.05) is 46.0 Å². The number of hydrogen-bond acceptors (Lipinski definition) is 2. The number of aliphatic carboxylic acids is 1. The fourth-order valence-electron chi connectivity index (χ4n) is 2.97. The average molecular weight is 283 g/mol. The Balaban J connectivity index is 2.30. The van der Waals surface area contributed by atoms with Gasteiger partial charge >= 0.3 is 5.97 Å². The molecule has 4 heteroatoms. The lowest BCUT2D eigenvalue weighted by Crippen LogP contribution is -2.39. The molecule has 0 atom stereocenters. The van der Waals surface area contributed by atoms with Gasteiger partial charge in [0.2, 0.25) is 5.91 Å². The van der Waals surface area contributed by atoms with Crippen LogP contribution in [0.25, 0.3) is 0 Å². The highest BCUT2D eigenvalue weighted by atomic mass is 16.4. The fourth-order valence-corrected chi connectivity index (χ4v) is 2.97. The number of unbranched alkanes of at least 4 members (excludes halogenated alkanes) is 1. The molecule has 1 amide bonds. The third kappa shape index (κ3) is 5.51. The lowest BCUT2D eigenvalue weighted by atomic mass is 9.71. The monoisotopic (exact) mass is 283 g/mol. The molecule has 4 nitrogen and oxygen atoms in total. The molecule has 0 aromatic carbocycles. The highest BCUT2D eigenvalue weighted by Gasteiger charge is 2.41. The number of carboxylic acid groups (broad SMARTS) is 1. The van der Waals surface area contributed by atoms with Crippen LogP contribution in [-0.2, 0) is 9.59 Å². The molecule has 0 bridgehead atoms. The van der Waals surface area contributed by atoms with E-state index >= 15 is 0 Å². The van der Waals surface area contributed by atoms with E-state index in [-0.39, 0.29) is 12.3 Å². The molecule has 0 aromatic heterocycles. The van der Waals surface area contributed by atoms with E-state index < -0.39 is 11.4 Å². The van der Waals surface area contributed by atoms with Gasteiger partial charge in [-0.25, -0.2) is 0 Å². The second-order valence-corrected chi connectivity index (χ2v) is 6.56. The van der Waals surface area contributed by atoms with Crippen LogP contribution >= 0.6 is 0 Å².